The van der Waals surface area contributed by atoms with Crippen LogP contribution in [0.25, 0.3) is 0 Å². The van der Waals surface area contributed by atoms with E-state index in [1.165, 1.54) is 17.6 Å². The Bertz CT molecular complexity index is 1020. The second kappa shape index (κ2) is 10.5. The number of carbonyl (C=O) groups excluding carboxylic acids is 3. The van der Waals surface area contributed by atoms with Crippen molar-refractivity contribution >= 4 is 39.9 Å². The first-order valence-electron chi connectivity index (χ1n) is 9.92. The first kappa shape index (κ1) is 22.2. The standard InChI is InChI=1S/C22H24N4O4S/c1-3-11-26(15(2)20(28)23-16-8-5-4-6-9-16)19(27)13-17-14-31-22(24-17)25-21(29)18-10-7-12-30-18/h4-10,12,14-15H,3,11,13H2,1-2H3,(H,23,28)(H,24,25,29). The Hall–Kier alpha value is -3.46. The van der Waals surface area contributed by atoms with Crippen molar-refractivity contribution in [2.45, 2.75) is 32.7 Å². The van der Waals surface area contributed by atoms with Crippen molar-refractivity contribution in [1.82, 2.24) is 9.88 Å². The number of rotatable bonds is 9. The molecule has 2 aromatic heterocycles. The summed E-state index contributed by atoms with van der Waals surface area (Å²) in [6.07, 6.45) is 2.17. The van der Waals surface area contributed by atoms with E-state index >= 15 is 0 Å². The van der Waals surface area contributed by atoms with Crippen LogP contribution in [0.3, 0.4) is 0 Å². The van der Waals surface area contributed by atoms with E-state index in [0.29, 0.717) is 23.1 Å². The number of benzene rings is 1. The van der Waals surface area contributed by atoms with E-state index in [2.05, 4.69) is 15.6 Å². The summed E-state index contributed by atoms with van der Waals surface area (Å²) in [4.78, 5) is 43.5. The summed E-state index contributed by atoms with van der Waals surface area (Å²) < 4.78 is 5.05. The van der Waals surface area contributed by atoms with E-state index < -0.39 is 11.9 Å². The van der Waals surface area contributed by atoms with Gasteiger partial charge in [-0.2, -0.15) is 0 Å². The molecule has 0 radical (unpaired) electrons. The van der Waals surface area contributed by atoms with Crippen LogP contribution in [0.4, 0.5) is 10.8 Å². The molecule has 0 saturated heterocycles. The van der Waals surface area contributed by atoms with Crippen LogP contribution >= 0.6 is 11.3 Å². The number of para-hydroxylation sites is 1. The highest BCUT2D eigenvalue weighted by atomic mass is 32.1. The van der Waals surface area contributed by atoms with Gasteiger partial charge in [-0.1, -0.05) is 25.1 Å². The third-order valence-electron chi connectivity index (χ3n) is 4.52. The number of carbonyl (C=O) groups is 3. The molecule has 0 spiro atoms. The molecular formula is C22H24N4O4S. The molecule has 2 N–H and O–H groups in total. The van der Waals surface area contributed by atoms with Gasteiger partial charge >= 0.3 is 0 Å². The van der Waals surface area contributed by atoms with Crippen molar-refractivity contribution in [3.8, 4) is 0 Å². The SMILES string of the molecule is CCCN(C(=O)Cc1csc(NC(=O)c2ccco2)n1)C(C)C(=O)Nc1ccccc1. The Morgan fingerprint density at radius 1 is 1.13 bits per heavy atom. The lowest BCUT2D eigenvalue weighted by Crippen LogP contribution is -2.46. The highest BCUT2D eigenvalue weighted by Crippen LogP contribution is 2.18. The Morgan fingerprint density at radius 3 is 2.58 bits per heavy atom. The summed E-state index contributed by atoms with van der Waals surface area (Å²) in [6, 6.07) is 11.7. The maximum absolute atomic E-state index is 12.9. The fourth-order valence-electron chi connectivity index (χ4n) is 2.95. The molecule has 3 rings (SSSR count). The first-order chi connectivity index (χ1) is 15.0. The van der Waals surface area contributed by atoms with Gasteiger partial charge in [0.2, 0.25) is 11.8 Å². The van der Waals surface area contributed by atoms with Gasteiger partial charge in [0.05, 0.1) is 18.4 Å². The van der Waals surface area contributed by atoms with E-state index in [4.69, 9.17) is 4.42 Å². The van der Waals surface area contributed by atoms with Crippen molar-refractivity contribution in [3.05, 3.63) is 65.6 Å². The zero-order chi connectivity index (χ0) is 22.2. The minimum atomic E-state index is -0.635. The fraction of sp³-hybridized carbons (Fsp3) is 0.273. The van der Waals surface area contributed by atoms with Gasteiger partial charge in [0, 0.05) is 17.6 Å². The van der Waals surface area contributed by atoms with Crippen LogP contribution in [-0.2, 0) is 16.0 Å². The fourth-order valence-corrected chi connectivity index (χ4v) is 3.66. The number of hydrogen-bond acceptors (Lipinski definition) is 6. The molecule has 0 aliphatic rings. The third-order valence-corrected chi connectivity index (χ3v) is 5.33. The summed E-state index contributed by atoms with van der Waals surface area (Å²) in [5, 5.41) is 7.57. The van der Waals surface area contributed by atoms with Gasteiger partial charge in [-0.25, -0.2) is 4.98 Å². The molecule has 1 unspecified atom stereocenters. The molecule has 1 aromatic carbocycles. The second-order valence-corrected chi connectivity index (χ2v) is 7.73. The molecule has 162 valence electrons. The third kappa shape index (κ3) is 6.02. The van der Waals surface area contributed by atoms with Crippen LogP contribution in [0.1, 0.15) is 36.5 Å². The lowest BCUT2D eigenvalue weighted by Gasteiger charge is -2.28. The van der Waals surface area contributed by atoms with Crippen molar-refractivity contribution in [2.24, 2.45) is 0 Å². The second-order valence-electron chi connectivity index (χ2n) is 6.87. The van der Waals surface area contributed by atoms with E-state index in [1.54, 1.807) is 41.5 Å². The van der Waals surface area contributed by atoms with Gasteiger partial charge in [-0.05, 0) is 37.6 Å². The topological polar surface area (TPSA) is 105 Å². The largest absolute Gasteiger partial charge is 0.459 e. The molecule has 31 heavy (non-hydrogen) atoms. The summed E-state index contributed by atoms with van der Waals surface area (Å²) in [5.74, 6) is -0.680. The van der Waals surface area contributed by atoms with Crippen molar-refractivity contribution in [3.63, 3.8) is 0 Å². The predicted octanol–water partition coefficient (Wildman–Crippen LogP) is 3.80. The molecule has 1 atom stereocenters. The van der Waals surface area contributed by atoms with E-state index in [0.717, 1.165) is 6.42 Å². The molecule has 0 aliphatic heterocycles. The normalized spacial score (nSPS) is 11.5. The maximum atomic E-state index is 12.9. The van der Waals surface area contributed by atoms with Gasteiger partial charge in [0.15, 0.2) is 10.9 Å². The van der Waals surface area contributed by atoms with Crippen molar-refractivity contribution < 1.29 is 18.8 Å². The molecule has 8 nitrogen and oxygen atoms in total. The lowest BCUT2D eigenvalue weighted by molar-refractivity contribution is -0.137. The average molecular weight is 441 g/mol. The Balaban J connectivity index is 1.61. The molecule has 0 fully saturated rings. The summed E-state index contributed by atoms with van der Waals surface area (Å²) in [7, 11) is 0. The van der Waals surface area contributed by atoms with Gasteiger partial charge in [0.25, 0.3) is 5.91 Å². The quantitative estimate of drug-likeness (QED) is 0.527. The van der Waals surface area contributed by atoms with Crippen LogP contribution in [-0.4, -0.2) is 40.2 Å². The summed E-state index contributed by atoms with van der Waals surface area (Å²) in [5.41, 5.74) is 1.21. The van der Waals surface area contributed by atoms with Crippen LogP contribution in [0.15, 0.2) is 58.5 Å². The summed E-state index contributed by atoms with van der Waals surface area (Å²) >= 11 is 1.22. The first-order valence-corrected chi connectivity index (χ1v) is 10.8. The number of thiazole rings is 1. The van der Waals surface area contributed by atoms with Gasteiger partial charge in [0.1, 0.15) is 6.04 Å². The van der Waals surface area contributed by atoms with Gasteiger partial charge < -0.3 is 14.6 Å². The minimum absolute atomic E-state index is 0.0378. The van der Waals surface area contributed by atoms with Crippen LogP contribution in [0, 0.1) is 0 Å². The molecule has 0 bridgehead atoms. The average Bonchev–Trinajstić information content (AvgIpc) is 3.44. The molecule has 9 heteroatoms. The number of anilines is 2. The van der Waals surface area contributed by atoms with Crippen LogP contribution in [0.2, 0.25) is 0 Å². The maximum Gasteiger partial charge on any atom is 0.293 e. The Labute approximate surface area is 184 Å². The minimum Gasteiger partial charge on any atom is -0.459 e. The lowest BCUT2D eigenvalue weighted by atomic mass is 10.2. The van der Waals surface area contributed by atoms with E-state index in [-0.39, 0.29) is 24.0 Å². The van der Waals surface area contributed by atoms with Gasteiger partial charge in [-0.15, -0.1) is 11.3 Å². The Kier molecular flexibility index (Phi) is 7.55. The smallest absolute Gasteiger partial charge is 0.293 e. The molecule has 3 amide bonds. The number of nitrogens with zero attached hydrogens (tertiary/aromatic N) is 2. The molecule has 0 saturated carbocycles. The van der Waals surface area contributed by atoms with Crippen LogP contribution in [0.5, 0.6) is 0 Å². The highest BCUT2D eigenvalue weighted by Gasteiger charge is 2.26. The molecule has 0 aliphatic carbocycles. The summed E-state index contributed by atoms with van der Waals surface area (Å²) in [6.45, 7) is 4.11. The number of aromatic nitrogens is 1. The zero-order valence-corrected chi connectivity index (χ0v) is 18.1. The van der Waals surface area contributed by atoms with E-state index in [1.807, 2.05) is 25.1 Å². The highest BCUT2D eigenvalue weighted by molar-refractivity contribution is 7.14. The monoisotopic (exact) mass is 440 g/mol. The zero-order valence-electron chi connectivity index (χ0n) is 17.3. The van der Waals surface area contributed by atoms with Crippen molar-refractivity contribution in [2.75, 3.05) is 17.2 Å². The number of furan rings is 1. The number of hydrogen-bond donors (Lipinski definition) is 2. The van der Waals surface area contributed by atoms with Crippen molar-refractivity contribution in [1.29, 1.82) is 0 Å². The Morgan fingerprint density at radius 2 is 1.90 bits per heavy atom. The molecule has 3 aromatic rings. The number of nitrogens with one attached hydrogen (secondary N) is 2. The van der Waals surface area contributed by atoms with E-state index in [9.17, 15) is 14.4 Å². The van der Waals surface area contributed by atoms with Crippen LogP contribution < -0.4 is 10.6 Å². The predicted molar refractivity (Wildman–Crippen MR) is 119 cm³/mol. The molecular weight excluding hydrogens is 416 g/mol. The number of amides is 3. The van der Waals surface area contributed by atoms with Gasteiger partial charge in [-0.3, -0.25) is 19.7 Å². The molecule has 2 heterocycles.